The molecule has 0 bridgehead atoms. The van der Waals surface area contributed by atoms with Crippen LogP contribution in [0.15, 0.2) is 66.9 Å². The van der Waals surface area contributed by atoms with Gasteiger partial charge in [-0.15, -0.1) is 0 Å². The van der Waals surface area contributed by atoms with Crippen LogP contribution in [0.1, 0.15) is 11.4 Å². The van der Waals surface area contributed by atoms with E-state index in [9.17, 15) is 5.11 Å². The van der Waals surface area contributed by atoms with Crippen LogP contribution < -0.4 is 4.90 Å². The average Bonchev–Trinajstić information content (AvgIpc) is 3.12. The van der Waals surface area contributed by atoms with E-state index < -0.39 is 0 Å². The molecule has 6 heteroatoms. The quantitative estimate of drug-likeness (QED) is 0.573. The third-order valence-electron chi connectivity index (χ3n) is 4.41. The first kappa shape index (κ1) is 17.2. The molecule has 6 nitrogen and oxygen atoms in total. The topological polar surface area (TPSA) is 67.1 Å². The maximum absolute atomic E-state index is 9.59. The Balaban J connectivity index is 1.81. The van der Waals surface area contributed by atoms with Crippen molar-refractivity contribution in [3.05, 3.63) is 78.2 Å². The lowest BCUT2D eigenvalue weighted by Gasteiger charge is -2.23. The van der Waals surface area contributed by atoms with Crippen molar-refractivity contribution in [2.45, 2.75) is 13.5 Å². The van der Waals surface area contributed by atoms with E-state index in [0.29, 0.717) is 18.9 Å². The van der Waals surface area contributed by atoms with Crippen molar-refractivity contribution < 1.29 is 5.11 Å². The van der Waals surface area contributed by atoms with Crippen LogP contribution in [0.5, 0.6) is 0 Å². The van der Waals surface area contributed by atoms with Crippen LogP contribution in [-0.2, 0) is 6.54 Å². The molecule has 2 aromatic heterocycles. The van der Waals surface area contributed by atoms with Crippen molar-refractivity contribution in [3.8, 4) is 5.69 Å². The number of anilines is 1. The first-order valence-corrected chi connectivity index (χ1v) is 8.94. The second-order valence-electron chi connectivity index (χ2n) is 6.35. The van der Waals surface area contributed by atoms with Crippen LogP contribution in [0, 0.1) is 6.92 Å². The molecular formula is C21H21N5O. The molecule has 27 heavy (non-hydrogen) atoms. The van der Waals surface area contributed by atoms with Crippen LogP contribution in [-0.4, -0.2) is 38.0 Å². The van der Waals surface area contributed by atoms with Crippen LogP contribution in [0.3, 0.4) is 0 Å². The fourth-order valence-electron chi connectivity index (χ4n) is 3.18. The fourth-order valence-corrected chi connectivity index (χ4v) is 3.18. The predicted octanol–water partition coefficient (Wildman–Crippen LogP) is 3.12. The maximum Gasteiger partial charge on any atom is 0.168 e. The lowest BCUT2D eigenvalue weighted by Crippen LogP contribution is -2.27. The summed E-state index contributed by atoms with van der Waals surface area (Å²) in [7, 11) is 0. The number of aromatic nitrogens is 4. The zero-order valence-corrected chi connectivity index (χ0v) is 15.2. The summed E-state index contributed by atoms with van der Waals surface area (Å²) in [6.07, 6.45) is 1.80. The standard InChI is InChI=1S/C21H21N5O/c1-16-23-20(25(12-13-27)15-17-8-4-2-5-9-17)19-14-22-26(21(19)24-16)18-10-6-3-7-11-18/h2-11,14,27H,12-13,15H2,1H3. The molecule has 0 radical (unpaired) electrons. The van der Waals surface area contributed by atoms with Crippen LogP contribution in [0.2, 0.25) is 0 Å². The SMILES string of the molecule is Cc1nc(N(CCO)Cc2ccccc2)c2cnn(-c3ccccc3)c2n1. The van der Waals surface area contributed by atoms with Gasteiger partial charge >= 0.3 is 0 Å². The van der Waals surface area contributed by atoms with E-state index in [1.54, 1.807) is 6.20 Å². The number of fused-ring (bicyclic) bond motifs is 1. The highest BCUT2D eigenvalue weighted by Gasteiger charge is 2.18. The maximum atomic E-state index is 9.59. The molecule has 0 atom stereocenters. The zero-order valence-electron chi connectivity index (χ0n) is 15.2. The average molecular weight is 359 g/mol. The second-order valence-corrected chi connectivity index (χ2v) is 6.35. The molecule has 136 valence electrons. The summed E-state index contributed by atoms with van der Waals surface area (Å²) in [6, 6.07) is 20.1. The van der Waals surface area contributed by atoms with Crippen LogP contribution >= 0.6 is 0 Å². The highest BCUT2D eigenvalue weighted by Crippen LogP contribution is 2.26. The van der Waals surface area contributed by atoms with Crippen molar-refractivity contribution >= 4 is 16.9 Å². The van der Waals surface area contributed by atoms with Crippen molar-refractivity contribution in [1.82, 2.24) is 19.7 Å². The number of hydrogen-bond acceptors (Lipinski definition) is 5. The Morgan fingerprint density at radius 3 is 2.37 bits per heavy atom. The zero-order chi connectivity index (χ0) is 18.6. The largest absolute Gasteiger partial charge is 0.395 e. The smallest absolute Gasteiger partial charge is 0.168 e. The minimum absolute atomic E-state index is 0.0458. The van der Waals surface area contributed by atoms with Crippen molar-refractivity contribution in [2.75, 3.05) is 18.1 Å². The van der Waals surface area contributed by atoms with Crippen molar-refractivity contribution in [1.29, 1.82) is 0 Å². The normalized spacial score (nSPS) is 11.0. The molecule has 0 spiro atoms. The van der Waals surface area contributed by atoms with Gasteiger partial charge in [-0.1, -0.05) is 48.5 Å². The third kappa shape index (κ3) is 3.52. The number of aryl methyl sites for hydroxylation is 1. The Morgan fingerprint density at radius 2 is 1.67 bits per heavy atom. The van der Waals surface area contributed by atoms with Gasteiger partial charge in [0, 0.05) is 13.1 Å². The Morgan fingerprint density at radius 1 is 0.963 bits per heavy atom. The summed E-state index contributed by atoms with van der Waals surface area (Å²) in [6.45, 7) is 3.07. The molecule has 0 unspecified atom stereocenters. The lowest BCUT2D eigenvalue weighted by atomic mass is 10.2. The van der Waals surface area contributed by atoms with Gasteiger partial charge in [0.25, 0.3) is 0 Å². The number of benzene rings is 2. The molecule has 0 aliphatic rings. The summed E-state index contributed by atoms with van der Waals surface area (Å²) in [5, 5.41) is 15.0. The number of nitrogens with zero attached hydrogens (tertiary/aromatic N) is 5. The summed E-state index contributed by atoms with van der Waals surface area (Å²) in [4.78, 5) is 11.4. The van der Waals surface area contributed by atoms with Gasteiger partial charge in [-0.25, -0.2) is 14.6 Å². The summed E-state index contributed by atoms with van der Waals surface area (Å²) in [5.74, 6) is 1.46. The molecule has 4 aromatic rings. The van der Waals surface area contributed by atoms with Crippen molar-refractivity contribution in [2.24, 2.45) is 0 Å². The number of rotatable bonds is 6. The van der Waals surface area contributed by atoms with Crippen molar-refractivity contribution in [3.63, 3.8) is 0 Å². The summed E-state index contributed by atoms with van der Waals surface area (Å²) in [5.41, 5.74) is 2.87. The van der Waals surface area contributed by atoms with E-state index in [-0.39, 0.29) is 6.61 Å². The summed E-state index contributed by atoms with van der Waals surface area (Å²) >= 11 is 0. The Hall–Kier alpha value is -3.25. The van der Waals surface area contributed by atoms with Gasteiger partial charge in [-0.05, 0) is 24.6 Å². The van der Waals surface area contributed by atoms with E-state index in [4.69, 9.17) is 0 Å². The molecule has 0 amide bonds. The van der Waals surface area contributed by atoms with E-state index in [0.717, 1.165) is 28.1 Å². The van der Waals surface area contributed by atoms with E-state index in [1.165, 1.54) is 0 Å². The highest BCUT2D eigenvalue weighted by atomic mass is 16.3. The number of para-hydroxylation sites is 1. The Labute approximate surface area is 157 Å². The van der Waals surface area contributed by atoms with Gasteiger partial charge in [-0.2, -0.15) is 5.10 Å². The molecule has 0 saturated heterocycles. The fraction of sp³-hybridized carbons (Fsp3) is 0.190. The van der Waals surface area contributed by atoms with Gasteiger partial charge < -0.3 is 10.0 Å². The van der Waals surface area contributed by atoms with Crippen LogP contribution in [0.4, 0.5) is 5.82 Å². The molecule has 4 rings (SSSR count). The lowest BCUT2D eigenvalue weighted by molar-refractivity contribution is 0.301. The first-order chi connectivity index (χ1) is 13.3. The molecule has 0 saturated carbocycles. The number of aliphatic hydroxyl groups is 1. The minimum atomic E-state index is 0.0458. The number of hydrogen-bond donors (Lipinski definition) is 1. The predicted molar refractivity (Wildman–Crippen MR) is 106 cm³/mol. The second kappa shape index (κ2) is 7.55. The van der Waals surface area contributed by atoms with E-state index in [2.05, 4.69) is 32.1 Å². The molecule has 1 N–H and O–H groups in total. The van der Waals surface area contributed by atoms with Gasteiger partial charge in [-0.3, -0.25) is 0 Å². The molecule has 0 fully saturated rings. The molecule has 2 aromatic carbocycles. The molecule has 0 aliphatic heterocycles. The molecule has 2 heterocycles. The highest BCUT2D eigenvalue weighted by molar-refractivity contribution is 5.88. The Kier molecular flexibility index (Phi) is 4.80. The minimum Gasteiger partial charge on any atom is -0.395 e. The van der Waals surface area contributed by atoms with E-state index >= 15 is 0 Å². The van der Waals surface area contributed by atoms with E-state index in [1.807, 2.05) is 60.1 Å². The van der Waals surface area contributed by atoms with Crippen LogP contribution in [0.25, 0.3) is 16.7 Å². The first-order valence-electron chi connectivity index (χ1n) is 8.94. The van der Waals surface area contributed by atoms with Gasteiger partial charge in [0.1, 0.15) is 11.6 Å². The van der Waals surface area contributed by atoms with Gasteiger partial charge in [0.2, 0.25) is 0 Å². The monoisotopic (exact) mass is 359 g/mol. The van der Waals surface area contributed by atoms with Gasteiger partial charge in [0.05, 0.1) is 23.9 Å². The Bertz CT molecular complexity index is 1030. The molecular weight excluding hydrogens is 338 g/mol. The summed E-state index contributed by atoms with van der Waals surface area (Å²) < 4.78 is 1.83. The number of aliphatic hydroxyl groups excluding tert-OH is 1. The molecule has 0 aliphatic carbocycles. The third-order valence-corrected chi connectivity index (χ3v) is 4.41. The van der Waals surface area contributed by atoms with Gasteiger partial charge in [0.15, 0.2) is 5.65 Å².